The number of nitrogens with zero attached hydrogens (tertiary/aromatic N) is 2. The third-order valence-corrected chi connectivity index (χ3v) is 6.63. The molecule has 0 spiro atoms. The van der Waals surface area contributed by atoms with Crippen LogP contribution < -0.4 is 14.8 Å². The van der Waals surface area contributed by atoms with E-state index >= 15 is 0 Å². The zero-order valence-corrected chi connectivity index (χ0v) is 20.1. The highest BCUT2D eigenvalue weighted by molar-refractivity contribution is 6.02. The molecule has 2 atom stereocenters. The van der Waals surface area contributed by atoms with Crippen LogP contribution in [0.4, 0.5) is 0 Å². The lowest BCUT2D eigenvalue weighted by Gasteiger charge is -2.44. The molecule has 2 amide bonds. The van der Waals surface area contributed by atoms with E-state index in [1.165, 1.54) is 0 Å². The molecule has 2 aliphatic rings. The molecule has 178 valence electrons. The van der Waals surface area contributed by atoms with E-state index in [2.05, 4.69) is 24.1 Å². The number of piperidine rings is 1. The molecule has 7 nitrogen and oxygen atoms in total. The highest BCUT2D eigenvalue weighted by atomic mass is 16.5. The molecule has 1 aromatic rings. The van der Waals surface area contributed by atoms with Gasteiger partial charge in [-0.15, -0.1) is 0 Å². The minimum absolute atomic E-state index is 0.000373. The SMILES string of the molecule is CCCN(CCC)CCCNC(=O)[C@@H]1c2cc(OC)c(OC)cc2C(=O)N2CCCC[C@@H]12. The maximum Gasteiger partial charge on any atom is 0.254 e. The lowest BCUT2D eigenvalue weighted by Crippen LogP contribution is -2.54. The third-order valence-electron chi connectivity index (χ3n) is 6.63. The van der Waals surface area contributed by atoms with Crippen molar-refractivity contribution in [3.8, 4) is 11.5 Å². The lowest BCUT2D eigenvalue weighted by molar-refractivity contribution is -0.124. The Morgan fingerprint density at radius 2 is 1.78 bits per heavy atom. The van der Waals surface area contributed by atoms with Crippen molar-refractivity contribution in [1.82, 2.24) is 15.1 Å². The molecule has 3 rings (SSSR count). The van der Waals surface area contributed by atoms with Gasteiger partial charge >= 0.3 is 0 Å². The highest BCUT2D eigenvalue weighted by Gasteiger charge is 2.44. The predicted octanol–water partition coefficient (Wildman–Crippen LogP) is 3.42. The van der Waals surface area contributed by atoms with Gasteiger partial charge in [-0.3, -0.25) is 9.59 Å². The summed E-state index contributed by atoms with van der Waals surface area (Å²) >= 11 is 0. The van der Waals surface area contributed by atoms with Crippen molar-refractivity contribution in [3.05, 3.63) is 23.3 Å². The molecule has 0 unspecified atom stereocenters. The van der Waals surface area contributed by atoms with Gasteiger partial charge in [-0.2, -0.15) is 0 Å². The number of carbonyl (C=O) groups excluding carboxylic acids is 2. The first-order chi connectivity index (χ1) is 15.5. The van der Waals surface area contributed by atoms with Gasteiger partial charge in [-0.1, -0.05) is 13.8 Å². The Morgan fingerprint density at radius 1 is 1.09 bits per heavy atom. The summed E-state index contributed by atoms with van der Waals surface area (Å²) in [5, 5.41) is 3.17. The summed E-state index contributed by atoms with van der Waals surface area (Å²) in [6, 6.07) is 3.46. The number of fused-ring (bicyclic) bond motifs is 2. The van der Waals surface area contributed by atoms with Crippen LogP contribution in [0.15, 0.2) is 12.1 Å². The van der Waals surface area contributed by atoms with Crippen LogP contribution in [0.2, 0.25) is 0 Å². The van der Waals surface area contributed by atoms with Crippen molar-refractivity contribution in [2.75, 3.05) is 46.9 Å². The van der Waals surface area contributed by atoms with Crippen molar-refractivity contribution in [1.29, 1.82) is 0 Å². The van der Waals surface area contributed by atoms with E-state index < -0.39 is 0 Å². The molecule has 2 aliphatic heterocycles. The number of amides is 2. The monoisotopic (exact) mass is 445 g/mol. The van der Waals surface area contributed by atoms with Crippen molar-refractivity contribution in [3.63, 3.8) is 0 Å². The van der Waals surface area contributed by atoms with E-state index in [1.54, 1.807) is 20.3 Å². The number of hydrogen-bond acceptors (Lipinski definition) is 5. The number of carbonyl (C=O) groups is 2. The highest BCUT2D eigenvalue weighted by Crippen LogP contribution is 2.42. The van der Waals surface area contributed by atoms with E-state index in [-0.39, 0.29) is 23.8 Å². The van der Waals surface area contributed by atoms with Gasteiger partial charge in [0.1, 0.15) is 0 Å². The summed E-state index contributed by atoms with van der Waals surface area (Å²) in [6.07, 6.45) is 6.06. The fourth-order valence-corrected chi connectivity index (χ4v) is 5.16. The van der Waals surface area contributed by atoms with Gasteiger partial charge in [-0.25, -0.2) is 0 Å². The zero-order chi connectivity index (χ0) is 23.1. The fourth-order valence-electron chi connectivity index (χ4n) is 5.16. The molecule has 1 fully saturated rings. The maximum absolute atomic E-state index is 13.4. The van der Waals surface area contributed by atoms with Gasteiger partial charge in [0, 0.05) is 24.7 Å². The van der Waals surface area contributed by atoms with Gasteiger partial charge in [0.15, 0.2) is 11.5 Å². The van der Waals surface area contributed by atoms with E-state index in [0.29, 0.717) is 30.2 Å². The standard InChI is InChI=1S/C25H39N3O4/c1-5-12-27(13-6-2)14-9-11-26-24(29)23-18-16-21(31-3)22(32-4)17-19(18)25(30)28-15-8-7-10-20(23)28/h16-17,20,23H,5-15H2,1-4H3,(H,26,29)/t20-,23+/m0/s1. The van der Waals surface area contributed by atoms with E-state index in [4.69, 9.17) is 9.47 Å². The smallest absolute Gasteiger partial charge is 0.254 e. The average molecular weight is 446 g/mol. The van der Waals surface area contributed by atoms with Gasteiger partial charge < -0.3 is 24.6 Å². The average Bonchev–Trinajstić information content (AvgIpc) is 2.81. The van der Waals surface area contributed by atoms with Crippen molar-refractivity contribution in [2.24, 2.45) is 0 Å². The molecular weight excluding hydrogens is 406 g/mol. The second-order valence-corrected chi connectivity index (χ2v) is 8.82. The van der Waals surface area contributed by atoms with Crippen LogP contribution in [0.5, 0.6) is 11.5 Å². The number of rotatable bonds is 11. The molecule has 7 heteroatoms. The Kier molecular flexibility index (Phi) is 8.79. The molecular formula is C25H39N3O4. The van der Waals surface area contributed by atoms with Crippen LogP contribution in [-0.2, 0) is 4.79 Å². The predicted molar refractivity (Wildman–Crippen MR) is 126 cm³/mol. The molecule has 32 heavy (non-hydrogen) atoms. The molecule has 2 heterocycles. The number of hydrogen-bond donors (Lipinski definition) is 1. The van der Waals surface area contributed by atoms with Crippen LogP contribution in [0.3, 0.4) is 0 Å². The first kappa shape index (κ1) is 24.4. The second kappa shape index (κ2) is 11.5. The molecule has 0 bridgehead atoms. The van der Waals surface area contributed by atoms with Crippen LogP contribution in [0.1, 0.15) is 74.2 Å². The number of benzene rings is 1. The summed E-state index contributed by atoms with van der Waals surface area (Å²) in [5.41, 5.74) is 1.31. The van der Waals surface area contributed by atoms with E-state index in [9.17, 15) is 9.59 Å². The maximum atomic E-state index is 13.4. The molecule has 1 saturated heterocycles. The molecule has 0 aliphatic carbocycles. The van der Waals surface area contributed by atoms with E-state index in [1.807, 2.05) is 11.0 Å². The van der Waals surface area contributed by atoms with Crippen LogP contribution in [0.25, 0.3) is 0 Å². The Labute approximate surface area is 192 Å². The van der Waals surface area contributed by atoms with Crippen LogP contribution in [-0.4, -0.2) is 74.6 Å². The number of ether oxygens (including phenoxy) is 2. The Bertz CT molecular complexity index is 792. The topological polar surface area (TPSA) is 71.1 Å². The molecule has 0 saturated carbocycles. The number of nitrogens with one attached hydrogen (secondary N) is 1. The van der Waals surface area contributed by atoms with Crippen molar-refractivity contribution < 1.29 is 19.1 Å². The first-order valence-electron chi connectivity index (χ1n) is 12.1. The zero-order valence-electron chi connectivity index (χ0n) is 20.1. The molecule has 0 aromatic heterocycles. The Balaban J connectivity index is 1.78. The first-order valence-corrected chi connectivity index (χ1v) is 12.1. The molecule has 1 aromatic carbocycles. The molecule has 0 radical (unpaired) electrons. The van der Waals surface area contributed by atoms with Crippen LogP contribution in [0, 0.1) is 0 Å². The number of methoxy groups -OCH3 is 2. The van der Waals surface area contributed by atoms with Gasteiger partial charge in [0.05, 0.1) is 20.1 Å². The summed E-state index contributed by atoms with van der Waals surface area (Å²) in [4.78, 5) is 31.0. The van der Waals surface area contributed by atoms with Gasteiger partial charge in [0.2, 0.25) is 5.91 Å². The Hall–Kier alpha value is -2.28. The normalized spacial score (nSPS) is 20.0. The van der Waals surface area contributed by atoms with Crippen LogP contribution >= 0.6 is 0 Å². The third kappa shape index (κ3) is 5.20. The Morgan fingerprint density at radius 3 is 2.44 bits per heavy atom. The van der Waals surface area contributed by atoms with Gasteiger partial charge in [0.25, 0.3) is 5.91 Å². The van der Waals surface area contributed by atoms with E-state index in [0.717, 1.165) is 63.7 Å². The van der Waals surface area contributed by atoms with Crippen molar-refractivity contribution in [2.45, 2.75) is 64.3 Å². The summed E-state index contributed by atoms with van der Waals surface area (Å²) in [7, 11) is 3.14. The van der Waals surface area contributed by atoms with Gasteiger partial charge in [-0.05, 0) is 75.9 Å². The lowest BCUT2D eigenvalue weighted by atomic mass is 9.78. The summed E-state index contributed by atoms with van der Waals surface area (Å²) in [5.74, 6) is 0.673. The second-order valence-electron chi connectivity index (χ2n) is 8.82. The minimum atomic E-state index is -0.384. The minimum Gasteiger partial charge on any atom is -0.493 e. The molecule has 1 N–H and O–H groups in total. The quantitative estimate of drug-likeness (QED) is 0.529. The fraction of sp³-hybridized carbons (Fsp3) is 0.680. The van der Waals surface area contributed by atoms with Crippen molar-refractivity contribution >= 4 is 11.8 Å². The summed E-state index contributed by atoms with van der Waals surface area (Å²) in [6.45, 7) is 8.92. The largest absolute Gasteiger partial charge is 0.493 e. The summed E-state index contributed by atoms with van der Waals surface area (Å²) < 4.78 is 10.9.